The van der Waals surface area contributed by atoms with E-state index in [0.29, 0.717) is 34.3 Å². The number of ketones is 1. The van der Waals surface area contributed by atoms with Crippen LogP contribution in [-0.2, 0) is 6.54 Å². The molecule has 0 radical (unpaired) electrons. The van der Waals surface area contributed by atoms with Crippen LogP contribution in [0, 0.1) is 0 Å². The summed E-state index contributed by atoms with van der Waals surface area (Å²) >= 11 is 6.02. The number of fused-ring (bicyclic) bond motifs is 1. The van der Waals surface area contributed by atoms with Gasteiger partial charge in [0.05, 0.1) is 25.1 Å². The summed E-state index contributed by atoms with van der Waals surface area (Å²) in [4.78, 5) is 21.7. The summed E-state index contributed by atoms with van der Waals surface area (Å²) in [7, 11) is 1.61. The van der Waals surface area contributed by atoms with Gasteiger partial charge in [0.1, 0.15) is 5.75 Å². The summed E-state index contributed by atoms with van der Waals surface area (Å²) in [6.07, 6.45) is 9.83. The maximum absolute atomic E-state index is 13.5. The number of nitrogens with zero attached hydrogens (tertiary/aromatic N) is 5. The predicted molar refractivity (Wildman–Crippen MR) is 122 cm³/mol. The summed E-state index contributed by atoms with van der Waals surface area (Å²) in [5.41, 5.74) is 3.05. The minimum absolute atomic E-state index is 0.131. The number of methoxy groups -OCH3 is 1. The standard InChI is InChI=1S/C24H18ClN5O2/c1-32-19-6-7-22-20(10-19)21(15-29(22)13-16-2-4-18(25)5-3-16)24(31)17-11-28-30(14-17)23-12-26-8-9-27-23/h2-12,14-15H,13H2,1H3. The first kappa shape index (κ1) is 20.0. The highest BCUT2D eigenvalue weighted by molar-refractivity contribution is 6.30. The van der Waals surface area contributed by atoms with E-state index in [1.165, 1.54) is 4.68 Å². The van der Waals surface area contributed by atoms with Gasteiger partial charge in [0.25, 0.3) is 0 Å². The van der Waals surface area contributed by atoms with E-state index in [9.17, 15) is 4.79 Å². The molecule has 3 heterocycles. The first-order valence-corrected chi connectivity index (χ1v) is 10.3. The summed E-state index contributed by atoms with van der Waals surface area (Å²) in [5, 5.41) is 5.78. The predicted octanol–water partition coefficient (Wildman–Crippen LogP) is 4.56. The van der Waals surface area contributed by atoms with Crippen molar-refractivity contribution < 1.29 is 9.53 Å². The second-order valence-corrected chi connectivity index (χ2v) is 7.68. The average molecular weight is 444 g/mol. The molecule has 5 aromatic rings. The summed E-state index contributed by atoms with van der Waals surface area (Å²) in [6.45, 7) is 0.603. The monoisotopic (exact) mass is 443 g/mol. The van der Waals surface area contributed by atoms with Gasteiger partial charge in [-0.1, -0.05) is 23.7 Å². The highest BCUT2D eigenvalue weighted by Crippen LogP contribution is 2.29. The SMILES string of the molecule is COc1ccc2c(c1)c(C(=O)c1cnn(-c3cnccn3)c1)cn2Cc1ccc(Cl)cc1. The number of ether oxygens (including phenoxy) is 1. The van der Waals surface area contributed by atoms with E-state index in [-0.39, 0.29) is 5.78 Å². The van der Waals surface area contributed by atoms with Gasteiger partial charge in [-0.15, -0.1) is 0 Å². The molecule has 3 aromatic heterocycles. The third-order valence-corrected chi connectivity index (χ3v) is 5.48. The Balaban J connectivity index is 1.56. The van der Waals surface area contributed by atoms with Crippen LogP contribution < -0.4 is 4.74 Å². The maximum Gasteiger partial charge on any atom is 0.198 e. The number of hydrogen-bond acceptors (Lipinski definition) is 5. The van der Waals surface area contributed by atoms with Crippen LogP contribution in [0.3, 0.4) is 0 Å². The van der Waals surface area contributed by atoms with Crippen molar-refractivity contribution in [1.29, 1.82) is 0 Å². The second-order valence-electron chi connectivity index (χ2n) is 7.25. The molecule has 0 N–H and O–H groups in total. The fraction of sp³-hybridized carbons (Fsp3) is 0.0833. The molecule has 0 unspecified atom stereocenters. The Labute approximate surface area is 188 Å². The molecule has 8 heteroatoms. The first-order valence-electron chi connectivity index (χ1n) is 9.89. The second kappa shape index (κ2) is 8.28. The van der Waals surface area contributed by atoms with Crippen molar-refractivity contribution in [3.05, 3.63) is 101 Å². The van der Waals surface area contributed by atoms with Crippen molar-refractivity contribution in [3.8, 4) is 11.6 Å². The molecule has 0 bridgehead atoms. The van der Waals surface area contributed by atoms with Crippen LogP contribution in [0.25, 0.3) is 16.7 Å². The van der Waals surface area contributed by atoms with Crippen LogP contribution in [0.4, 0.5) is 0 Å². The number of halogens is 1. The molecule has 158 valence electrons. The van der Waals surface area contributed by atoms with Gasteiger partial charge in [0.15, 0.2) is 11.6 Å². The quantitative estimate of drug-likeness (QED) is 0.360. The van der Waals surface area contributed by atoms with Gasteiger partial charge in [0.2, 0.25) is 0 Å². The van der Waals surface area contributed by atoms with Gasteiger partial charge in [0, 0.05) is 52.8 Å². The van der Waals surface area contributed by atoms with Gasteiger partial charge in [-0.3, -0.25) is 9.78 Å². The van der Waals surface area contributed by atoms with E-state index in [1.807, 2.05) is 48.7 Å². The summed E-state index contributed by atoms with van der Waals surface area (Å²) in [6, 6.07) is 13.4. The number of rotatable bonds is 6. The topological polar surface area (TPSA) is 74.8 Å². The fourth-order valence-corrected chi connectivity index (χ4v) is 3.76. The number of carbonyl (C=O) groups excluding carboxylic acids is 1. The van der Waals surface area contributed by atoms with Gasteiger partial charge >= 0.3 is 0 Å². The zero-order chi connectivity index (χ0) is 22.1. The van der Waals surface area contributed by atoms with E-state index in [4.69, 9.17) is 16.3 Å². The van der Waals surface area contributed by atoms with E-state index >= 15 is 0 Å². The maximum atomic E-state index is 13.5. The molecule has 0 saturated carbocycles. The van der Waals surface area contributed by atoms with Gasteiger partial charge < -0.3 is 9.30 Å². The molecule has 0 saturated heterocycles. The Kier molecular flexibility index (Phi) is 5.17. The smallest absolute Gasteiger partial charge is 0.198 e. The lowest BCUT2D eigenvalue weighted by molar-refractivity contribution is 0.104. The zero-order valence-corrected chi connectivity index (χ0v) is 17.9. The first-order chi connectivity index (χ1) is 15.6. The number of benzene rings is 2. The molecule has 0 spiro atoms. The molecule has 0 amide bonds. The Hall–Kier alpha value is -3.97. The van der Waals surface area contributed by atoms with Crippen molar-refractivity contribution in [3.63, 3.8) is 0 Å². The third kappa shape index (κ3) is 3.74. The zero-order valence-electron chi connectivity index (χ0n) is 17.1. The molecular formula is C24H18ClN5O2. The normalized spacial score (nSPS) is 11.1. The van der Waals surface area contributed by atoms with Crippen molar-refractivity contribution in [2.24, 2.45) is 0 Å². The number of hydrogen-bond donors (Lipinski definition) is 0. The average Bonchev–Trinajstić information content (AvgIpc) is 3.46. The summed E-state index contributed by atoms with van der Waals surface area (Å²) in [5.74, 6) is 1.10. The molecule has 7 nitrogen and oxygen atoms in total. The van der Waals surface area contributed by atoms with Gasteiger partial charge in [-0.05, 0) is 35.9 Å². The Morgan fingerprint density at radius 1 is 1.06 bits per heavy atom. The molecule has 0 aliphatic carbocycles. The van der Waals surface area contributed by atoms with Crippen LogP contribution in [0.2, 0.25) is 5.02 Å². The van der Waals surface area contributed by atoms with Crippen LogP contribution in [0.5, 0.6) is 5.75 Å². The van der Waals surface area contributed by atoms with Crippen molar-refractivity contribution in [2.75, 3.05) is 7.11 Å². The molecule has 0 fully saturated rings. The molecular weight excluding hydrogens is 426 g/mol. The number of aromatic nitrogens is 5. The van der Waals surface area contributed by atoms with E-state index in [2.05, 4.69) is 19.6 Å². The largest absolute Gasteiger partial charge is 0.497 e. The van der Waals surface area contributed by atoms with Crippen LogP contribution in [0.15, 0.2) is 79.6 Å². The Morgan fingerprint density at radius 2 is 1.91 bits per heavy atom. The molecule has 0 aliphatic heterocycles. The molecule has 0 atom stereocenters. The Morgan fingerprint density at radius 3 is 2.66 bits per heavy atom. The van der Waals surface area contributed by atoms with E-state index < -0.39 is 0 Å². The third-order valence-electron chi connectivity index (χ3n) is 5.23. The minimum atomic E-state index is -0.131. The minimum Gasteiger partial charge on any atom is -0.497 e. The summed E-state index contributed by atoms with van der Waals surface area (Å²) < 4.78 is 8.99. The molecule has 2 aromatic carbocycles. The van der Waals surface area contributed by atoms with Gasteiger partial charge in [-0.25, -0.2) is 9.67 Å². The Bertz CT molecular complexity index is 1410. The van der Waals surface area contributed by atoms with E-state index in [0.717, 1.165) is 16.5 Å². The molecule has 5 rings (SSSR count). The molecule has 32 heavy (non-hydrogen) atoms. The lowest BCUT2D eigenvalue weighted by Crippen LogP contribution is -2.01. The van der Waals surface area contributed by atoms with Crippen LogP contribution in [-0.4, -0.2) is 37.2 Å². The lowest BCUT2D eigenvalue weighted by atomic mass is 10.1. The highest BCUT2D eigenvalue weighted by Gasteiger charge is 2.19. The highest BCUT2D eigenvalue weighted by atomic mass is 35.5. The van der Waals surface area contributed by atoms with Gasteiger partial charge in [-0.2, -0.15) is 5.10 Å². The van der Waals surface area contributed by atoms with Crippen LogP contribution >= 0.6 is 11.6 Å². The lowest BCUT2D eigenvalue weighted by Gasteiger charge is -2.06. The fourth-order valence-electron chi connectivity index (χ4n) is 3.63. The van der Waals surface area contributed by atoms with Crippen LogP contribution in [0.1, 0.15) is 21.5 Å². The molecule has 0 aliphatic rings. The van der Waals surface area contributed by atoms with Crippen molar-refractivity contribution in [2.45, 2.75) is 6.54 Å². The van der Waals surface area contributed by atoms with Crippen molar-refractivity contribution >= 4 is 28.3 Å². The van der Waals surface area contributed by atoms with E-state index in [1.54, 1.807) is 38.1 Å². The number of carbonyl (C=O) groups is 1. The van der Waals surface area contributed by atoms with Crippen molar-refractivity contribution in [1.82, 2.24) is 24.3 Å².